The molecular weight excluding hydrogens is 260 g/mol. The average molecular weight is 276 g/mol. The Hall–Kier alpha value is -1.95. The van der Waals surface area contributed by atoms with Gasteiger partial charge in [0.1, 0.15) is 0 Å². The van der Waals surface area contributed by atoms with Gasteiger partial charge in [-0.15, -0.1) is 0 Å². The van der Waals surface area contributed by atoms with Crippen LogP contribution in [0.25, 0.3) is 0 Å². The molecule has 2 fully saturated rings. The van der Waals surface area contributed by atoms with E-state index in [0.717, 1.165) is 18.4 Å². The molecule has 3 heterocycles. The van der Waals surface area contributed by atoms with Crippen LogP contribution in [-0.2, 0) is 20.9 Å². The third-order valence-electron chi connectivity index (χ3n) is 4.05. The number of rotatable bonds is 4. The van der Waals surface area contributed by atoms with E-state index in [9.17, 15) is 14.7 Å². The zero-order chi connectivity index (χ0) is 14.1. The van der Waals surface area contributed by atoms with E-state index in [2.05, 4.69) is 10.3 Å². The zero-order valence-electron chi connectivity index (χ0n) is 10.9. The molecule has 6 nitrogen and oxygen atoms in total. The van der Waals surface area contributed by atoms with Crippen molar-refractivity contribution in [2.75, 3.05) is 0 Å². The first-order valence-corrected chi connectivity index (χ1v) is 6.71. The standard InChI is InChI=1S/C14H16N2O4/c17-13(16-7-8-2-1-5-15-6-8)11-9-3-4-10(20-9)12(11)14(18)19/h1-2,5-6,9-12H,3-4,7H2,(H,16,17)(H,18,19)/t9-,10+,11-,12-/m0/s1. The number of carboxylic acids is 1. The quantitative estimate of drug-likeness (QED) is 0.839. The van der Waals surface area contributed by atoms with Gasteiger partial charge in [-0.2, -0.15) is 0 Å². The molecule has 3 rings (SSSR count). The third kappa shape index (κ3) is 2.27. The predicted octanol–water partition coefficient (Wildman–Crippen LogP) is 0.576. The summed E-state index contributed by atoms with van der Waals surface area (Å²) in [6.07, 6.45) is 4.26. The Morgan fingerprint density at radius 3 is 2.75 bits per heavy atom. The summed E-state index contributed by atoms with van der Waals surface area (Å²) in [6, 6.07) is 3.65. The number of pyridine rings is 1. The predicted molar refractivity (Wildman–Crippen MR) is 68.6 cm³/mol. The molecule has 2 N–H and O–H groups in total. The smallest absolute Gasteiger partial charge is 0.310 e. The van der Waals surface area contributed by atoms with E-state index in [1.54, 1.807) is 18.5 Å². The number of nitrogens with zero attached hydrogens (tertiary/aromatic N) is 1. The second-order valence-electron chi connectivity index (χ2n) is 5.26. The second-order valence-corrected chi connectivity index (χ2v) is 5.26. The van der Waals surface area contributed by atoms with Crippen LogP contribution in [0.4, 0.5) is 0 Å². The average Bonchev–Trinajstić information content (AvgIpc) is 3.06. The van der Waals surface area contributed by atoms with E-state index in [4.69, 9.17) is 4.74 Å². The Morgan fingerprint density at radius 1 is 1.35 bits per heavy atom. The molecule has 0 spiro atoms. The number of ether oxygens (including phenoxy) is 1. The molecule has 0 aliphatic carbocycles. The Bertz CT molecular complexity index is 519. The van der Waals surface area contributed by atoms with E-state index in [-0.39, 0.29) is 18.1 Å². The Morgan fingerprint density at radius 2 is 2.10 bits per heavy atom. The lowest BCUT2D eigenvalue weighted by Gasteiger charge is -2.23. The van der Waals surface area contributed by atoms with Crippen molar-refractivity contribution in [2.45, 2.75) is 31.6 Å². The fourth-order valence-electron chi connectivity index (χ4n) is 3.13. The summed E-state index contributed by atoms with van der Waals surface area (Å²) in [5, 5.41) is 12.1. The molecule has 1 amide bonds. The highest BCUT2D eigenvalue weighted by Crippen LogP contribution is 2.43. The number of hydrogen-bond acceptors (Lipinski definition) is 4. The molecule has 2 aliphatic heterocycles. The minimum absolute atomic E-state index is 0.242. The monoisotopic (exact) mass is 276 g/mol. The van der Waals surface area contributed by atoms with Crippen molar-refractivity contribution in [3.63, 3.8) is 0 Å². The van der Waals surface area contributed by atoms with Crippen LogP contribution in [0.2, 0.25) is 0 Å². The molecule has 1 aromatic rings. The number of carboxylic acid groups (broad SMARTS) is 1. The first kappa shape index (κ1) is 13.1. The normalized spacial score (nSPS) is 31.2. The minimum atomic E-state index is -0.946. The Labute approximate surface area is 116 Å². The molecule has 0 radical (unpaired) electrons. The van der Waals surface area contributed by atoms with Gasteiger partial charge in [0.15, 0.2) is 0 Å². The fourth-order valence-corrected chi connectivity index (χ4v) is 3.13. The lowest BCUT2D eigenvalue weighted by atomic mass is 9.78. The van der Waals surface area contributed by atoms with Crippen LogP contribution in [0.1, 0.15) is 18.4 Å². The van der Waals surface area contributed by atoms with Crippen LogP contribution in [0.3, 0.4) is 0 Å². The van der Waals surface area contributed by atoms with Gasteiger partial charge in [-0.05, 0) is 24.5 Å². The lowest BCUT2D eigenvalue weighted by molar-refractivity contribution is -0.147. The van der Waals surface area contributed by atoms with E-state index in [0.29, 0.717) is 6.54 Å². The number of carbonyl (C=O) groups is 2. The Kier molecular flexibility index (Phi) is 3.40. The summed E-state index contributed by atoms with van der Waals surface area (Å²) in [7, 11) is 0. The summed E-state index contributed by atoms with van der Waals surface area (Å²) >= 11 is 0. The highest BCUT2D eigenvalue weighted by atomic mass is 16.5. The number of amides is 1. The summed E-state index contributed by atoms with van der Waals surface area (Å²) in [6.45, 7) is 0.354. The summed E-state index contributed by atoms with van der Waals surface area (Å²) in [5.41, 5.74) is 0.886. The van der Waals surface area contributed by atoms with E-state index in [1.807, 2.05) is 6.07 Å². The topological polar surface area (TPSA) is 88.5 Å². The molecule has 6 heteroatoms. The van der Waals surface area contributed by atoms with Gasteiger partial charge in [-0.3, -0.25) is 14.6 Å². The maximum atomic E-state index is 12.2. The van der Waals surface area contributed by atoms with Gasteiger partial charge < -0.3 is 15.2 Å². The van der Waals surface area contributed by atoms with Gasteiger partial charge in [0.25, 0.3) is 0 Å². The molecule has 106 valence electrons. The highest BCUT2D eigenvalue weighted by molar-refractivity contribution is 5.86. The first-order chi connectivity index (χ1) is 9.66. The molecule has 4 atom stereocenters. The van der Waals surface area contributed by atoms with Crippen molar-refractivity contribution >= 4 is 11.9 Å². The van der Waals surface area contributed by atoms with Crippen molar-refractivity contribution in [3.05, 3.63) is 30.1 Å². The molecule has 2 saturated heterocycles. The zero-order valence-corrected chi connectivity index (χ0v) is 10.9. The second kappa shape index (κ2) is 5.20. The molecule has 0 aromatic carbocycles. The number of aromatic nitrogens is 1. The van der Waals surface area contributed by atoms with E-state index >= 15 is 0 Å². The number of nitrogens with one attached hydrogen (secondary N) is 1. The highest BCUT2D eigenvalue weighted by Gasteiger charge is 2.55. The molecule has 2 aliphatic rings. The fraction of sp³-hybridized carbons (Fsp3) is 0.500. The first-order valence-electron chi connectivity index (χ1n) is 6.71. The van der Waals surface area contributed by atoms with Crippen molar-refractivity contribution < 1.29 is 19.4 Å². The molecule has 0 saturated carbocycles. The van der Waals surface area contributed by atoms with Gasteiger partial charge in [0.05, 0.1) is 24.0 Å². The van der Waals surface area contributed by atoms with Crippen LogP contribution < -0.4 is 5.32 Å². The van der Waals surface area contributed by atoms with Crippen molar-refractivity contribution in [1.29, 1.82) is 0 Å². The number of fused-ring (bicyclic) bond motifs is 2. The summed E-state index contributed by atoms with van der Waals surface area (Å²) < 4.78 is 5.58. The number of aliphatic carboxylic acids is 1. The van der Waals surface area contributed by atoms with Gasteiger partial charge in [-0.25, -0.2) is 0 Å². The van der Waals surface area contributed by atoms with Gasteiger partial charge in [0.2, 0.25) is 5.91 Å². The summed E-state index contributed by atoms with van der Waals surface area (Å²) in [5.74, 6) is -2.49. The van der Waals surface area contributed by atoms with Crippen LogP contribution >= 0.6 is 0 Å². The molecule has 2 bridgehead atoms. The van der Waals surface area contributed by atoms with E-state index < -0.39 is 17.8 Å². The van der Waals surface area contributed by atoms with Crippen molar-refractivity contribution in [1.82, 2.24) is 10.3 Å². The van der Waals surface area contributed by atoms with Crippen LogP contribution in [-0.4, -0.2) is 34.2 Å². The van der Waals surface area contributed by atoms with Crippen LogP contribution in [0.5, 0.6) is 0 Å². The maximum absolute atomic E-state index is 12.2. The third-order valence-corrected chi connectivity index (χ3v) is 4.05. The number of hydrogen-bond donors (Lipinski definition) is 2. The molecule has 1 aromatic heterocycles. The molecule has 0 unspecified atom stereocenters. The van der Waals surface area contributed by atoms with Crippen molar-refractivity contribution in [2.24, 2.45) is 11.8 Å². The van der Waals surface area contributed by atoms with Gasteiger partial charge >= 0.3 is 5.97 Å². The SMILES string of the molecule is O=C(NCc1cccnc1)[C@@H]1[C@@H](C(=O)O)[C@H]2CC[C@@H]1O2. The minimum Gasteiger partial charge on any atom is -0.481 e. The maximum Gasteiger partial charge on any atom is 0.310 e. The van der Waals surface area contributed by atoms with Crippen LogP contribution in [0.15, 0.2) is 24.5 Å². The largest absolute Gasteiger partial charge is 0.481 e. The lowest BCUT2D eigenvalue weighted by Crippen LogP contribution is -2.43. The summed E-state index contributed by atoms with van der Waals surface area (Å²) in [4.78, 5) is 27.5. The van der Waals surface area contributed by atoms with Crippen LogP contribution in [0, 0.1) is 11.8 Å². The van der Waals surface area contributed by atoms with Gasteiger partial charge in [0, 0.05) is 18.9 Å². The van der Waals surface area contributed by atoms with Crippen molar-refractivity contribution in [3.8, 4) is 0 Å². The molecule has 20 heavy (non-hydrogen) atoms. The Balaban J connectivity index is 1.66. The molecular formula is C14H16N2O4. The van der Waals surface area contributed by atoms with E-state index in [1.165, 1.54) is 0 Å². The number of carbonyl (C=O) groups excluding carboxylic acids is 1. The van der Waals surface area contributed by atoms with Gasteiger partial charge in [-0.1, -0.05) is 6.07 Å².